The maximum atomic E-state index is 11.3. The van der Waals surface area contributed by atoms with Crippen LogP contribution in [-0.2, 0) is 6.42 Å². The summed E-state index contributed by atoms with van der Waals surface area (Å²) in [6.45, 7) is 5.94. The monoisotopic (exact) mass is 222 g/mol. The summed E-state index contributed by atoms with van der Waals surface area (Å²) in [6, 6.07) is 3.83. The van der Waals surface area contributed by atoms with E-state index in [1.807, 2.05) is 32.9 Å². The van der Waals surface area contributed by atoms with Gasteiger partial charge in [0.2, 0.25) is 0 Å². The highest BCUT2D eigenvalue weighted by Gasteiger charge is 2.20. The predicted molar refractivity (Wildman–Crippen MR) is 63.4 cm³/mol. The molecule has 0 aromatic heterocycles. The van der Waals surface area contributed by atoms with Gasteiger partial charge < -0.3 is 9.84 Å². The Morgan fingerprint density at radius 2 is 2.06 bits per heavy atom. The lowest BCUT2D eigenvalue weighted by Gasteiger charge is -2.16. The van der Waals surface area contributed by atoms with Crippen LogP contribution in [0.4, 0.5) is 0 Å². The molecule has 0 amide bonds. The van der Waals surface area contributed by atoms with E-state index in [2.05, 4.69) is 0 Å². The van der Waals surface area contributed by atoms with Crippen molar-refractivity contribution in [3.63, 3.8) is 0 Å². The van der Waals surface area contributed by atoms with Crippen LogP contribution in [0.15, 0.2) is 12.1 Å². The van der Waals surface area contributed by atoms with Gasteiger partial charge in [0, 0.05) is 0 Å². The molecule has 0 spiro atoms. The molecule has 1 aromatic carbocycles. The zero-order chi connectivity index (χ0) is 12.3. The molecule has 0 fully saturated rings. The van der Waals surface area contributed by atoms with Gasteiger partial charge in [0.1, 0.15) is 11.3 Å². The lowest BCUT2D eigenvalue weighted by atomic mass is 9.93. The summed E-state index contributed by atoms with van der Waals surface area (Å²) in [6.07, 6.45) is 0.766. The number of carboxylic acid groups (broad SMARTS) is 1. The highest BCUT2D eigenvalue weighted by Crippen LogP contribution is 2.31. The van der Waals surface area contributed by atoms with Crippen LogP contribution in [0.3, 0.4) is 0 Å². The molecule has 0 saturated heterocycles. The summed E-state index contributed by atoms with van der Waals surface area (Å²) < 4.78 is 5.24. The molecule has 3 heteroatoms. The second-order valence-electron chi connectivity index (χ2n) is 4.04. The van der Waals surface area contributed by atoms with Crippen molar-refractivity contribution >= 4 is 5.97 Å². The summed E-state index contributed by atoms with van der Waals surface area (Å²) in [5.74, 6) is -0.247. The van der Waals surface area contributed by atoms with Crippen LogP contribution in [0.25, 0.3) is 0 Å². The van der Waals surface area contributed by atoms with Gasteiger partial charge in [-0.05, 0) is 23.5 Å². The number of hydrogen-bond donors (Lipinski definition) is 1. The van der Waals surface area contributed by atoms with Gasteiger partial charge in [0.05, 0.1) is 7.11 Å². The highest BCUT2D eigenvalue weighted by molar-refractivity contribution is 5.93. The first kappa shape index (κ1) is 12.6. The van der Waals surface area contributed by atoms with Crippen LogP contribution in [0.1, 0.15) is 48.2 Å². The first-order chi connectivity index (χ1) is 7.52. The standard InChI is InChI=1S/C13H18O3/c1-5-9-6-7-10(8(2)3)11(13(14)15)12(9)16-4/h6-8H,5H2,1-4H3,(H,14,15). The molecule has 1 N–H and O–H groups in total. The summed E-state index contributed by atoms with van der Waals surface area (Å²) in [4.78, 5) is 11.3. The van der Waals surface area contributed by atoms with Crippen LogP contribution < -0.4 is 4.74 Å². The topological polar surface area (TPSA) is 46.5 Å². The van der Waals surface area contributed by atoms with E-state index >= 15 is 0 Å². The third-order valence-corrected chi connectivity index (χ3v) is 2.69. The molecular weight excluding hydrogens is 204 g/mol. The van der Waals surface area contributed by atoms with E-state index in [0.717, 1.165) is 17.5 Å². The zero-order valence-corrected chi connectivity index (χ0v) is 10.2. The number of aryl methyl sites for hydroxylation is 1. The van der Waals surface area contributed by atoms with Crippen LogP contribution in [0.2, 0.25) is 0 Å². The van der Waals surface area contributed by atoms with E-state index in [4.69, 9.17) is 4.74 Å². The van der Waals surface area contributed by atoms with E-state index in [0.29, 0.717) is 11.3 Å². The van der Waals surface area contributed by atoms with E-state index in [-0.39, 0.29) is 5.92 Å². The first-order valence-electron chi connectivity index (χ1n) is 5.45. The normalized spacial score (nSPS) is 10.6. The molecule has 3 nitrogen and oxygen atoms in total. The Kier molecular flexibility index (Phi) is 3.93. The molecule has 1 aromatic rings. The minimum Gasteiger partial charge on any atom is -0.496 e. The van der Waals surface area contributed by atoms with Gasteiger partial charge in [-0.3, -0.25) is 0 Å². The number of carbonyl (C=O) groups is 1. The van der Waals surface area contributed by atoms with Crippen molar-refractivity contribution in [3.8, 4) is 5.75 Å². The quantitative estimate of drug-likeness (QED) is 0.851. The minimum atomic E-state index is -0.921. The maximum absolute atomic E-state index is 11.3. The van der Waals surface area contributed by atoms with Gasteiger partial charge in [-0.2, -0.15) is 0 Å². The minimum absolute atomic E-state index is 0.172. The number of ether oxygens (including phenoxy) is 1. The molecular formula is C13H18O3. The number of methoxy groups -OCH3 is 1. The fourth-order valence-electron chi connectivity index (χ4n) is 1.85. The highest BCUT2D eigenvalue weighted by atomic mass is 16.5. The molecule has 0 bridgehead atoms. The average molecular weight is 222 g/mol. The van der Waals surface area contributed by atoms with E-state index in [1.165, 1.54) is 7.11 Å². The molecule has 0 aliphatic carbocycles. The molecule has 88 valence electrons. The molecule has 0 heterocycles. The fourth-order valence-corrected chi connectivity index (χ4v) is 1.85. The number of aromatic carboxylic acids is 1. The molecule has 0 atom stereocenters. The molecule has 0 radical (unpaired) electrons. The Hall–Kier alpha value is -1.51. The van der Waals surface area contributed by atoms with Crippen LogP contribution in [0.5, 0.6) is 5.75 Å². The van der Waals surface area contributed by atoms with E-state index < -0.39 is 5.97 Å². The van der Waals surface area contributed by atoms with Crippen molar-refractivity contribution in [2.24, 2.45) is 0 Å². The average Bonchev–Trinajstić information content (AvgIpc) is 2.26. The first-order valence-corrected chi connectivity index (χ1v) is 5.45. The zero-order valence-electron chi connectivity index (χ0n) is 10.2. The summed E-state index contributed by atoms with van der Waals surface area (Å²) in [5, 5.41) is 9.27. The lowest BCUT2D eigenvalue weighted by Crippen LogP contribution is -2.08. The van der Waals surface area contributed by atoms with Crippen LogP contribution in [0, 0.1) is 0 Å². The van der Waals surface area contributed by atoms with Crippen molar-refractivity contribution < 1.29 is 14.6 Å². The summed E-state index contributed by atoms with van der Waals surface area (Å²) in [5.41, 5.74) is 2.06. The third-order valence-electron chi connectivity index (χ3n) is 2.69. The van der Waals surface area contributed by atoms with Gasteiger partial charge >= 0.3 is 5.97 Å². The molecule has 0 unspecified atom stereocenters. The number of carboxylic acids is 1. The smallest absolute Gasteiger partial charge is 0.339 e. The number of benzene rings is 1. The van der Waals surface area contributed by atoms with Gasteiger partial charge in [-0.25, -0.2) is 4.79 Å². The van der Waals surface area contributed by atoms with Crippen molar-refractivity contribution in [2.75, 3.05) is 7.11 Å². The third kappa shape index (κ3) is 2.18. The fraction of sp³-hybridized carbons (Fsp3) is 0.462. The Morgan fingerprint density at radius 3 is 2.44 bits per heavy atom. The Morgan fingerprint density at radius 1 is 1.44 bits per heavy atom. The Labute approximate surface area is 96.1 Å². The summed E-state index contributed by atoms with van der Waals surface area (Å²) in [7, 11) is 1.52. The largest absolute Gasteiger partial charge is 0.496 e. The summed E-state index contributed by atoms with van der Waals surface area (Å²) >= 11 is 0. The number of hydrogen-bond acceptors (Lipinski definition) is 2. The Balaban J connectivity index is 3.50. The van der Waals surface area contributed by atoms with E-state index in [1.54, 1.807) is 0 Å². The van der Waals surface area contributed by atoms with Crippen molar-refractivity contribution in [2.45, 2.75) is 33.1 Å². The second-order valence-corrected chi connectivity index (χ2v) is 4.04. The van der Waals surface area contributed by atoms with Gasteiger partial charge in [-0.1, -0.05) is 32.9 Å². The number of rotatable bonds is 4. The van der Waals surface area contributed by atoms with Gasteiger partial charge in [-0.15, -0.1) is 0 Å². The van der Waals surface area contributed by atoms with Gasteiger partial charge in [0.25, 0.3) is 0 Å². The van der Waals surface area contributed by atoms with Crippen LogP contribution >= 0.6 is 0 Å². The molecule has 0 aliphatic heterocycles. The SMILES string of the molecule is CCc1ccc(C(C)C)c(C(=O)O)c1OC. The van der Waals surface area contributed by atoms with Crippen molar-refractivity contribution in [1.82, 2.24) is 0 Å². The second kappa shape index (κ2) is 5.01. The molecule has 1 rings (SSSR count). The maximum Gasteiger partial charge on any atom is 0.339 e. The molecule has 0 saturated carbocycles. The molecule has 0 aliphatic rings. The van der Waals surface area contributed by atoms with Crippen molar-refractivity contribution in [1.29, 1.82) is 0 Å². The Bertz CT molecular complexity index is 394. The van der Waals surface area contributed by atoms with Crippen LogP contribution in [-0.4, -0.2) is 18.2 Å². The van der Waals surface area contributed by atoms with E-state index in [9.17, 15) is 9.90 Å². The lowest BCUT2D eigenvalue weighted by molar-refractivity contribution is 0.0691. The van der Waals surface area contributed by atoms with Crippen molar-refractivity contribution in [3.05, 3.63) is 28.8 Å². The predicted octanol–water partition coefficient (Wildman–Crippen LogP) is 3.08. The van der Waals surface area contributed by atoms with Gasteiger partial charge in [0.15, 0.2) is 0 Å². The molecule has 16 heavy (non-hydrogen) atoms.